The van der Waals surface area contributed by atoms with Crippen LogP contribution in [0.25, 0.3) is 0 Å². The zero-order chi connectivity index (χ0) is 16.1. The fourth-order valence-corrected chi connectivity index (χ4v) is 2.63. The summed E-state index contributed by atoms with van der Waals surface area (Å²) < 4.78 is 5.88. The molecule has 1 aromatic carbocycles. The van der Waals surface area contributed by atoms with Gasteiger partial charge in [-0.05, 0) is 42.0 Å². The summed E-state index contributed by atoms with van der Waals surface area (Å²) in [5, 5.41) is 3.60. The number of carbonyl (C=O) groups is 1. The third-order valence-corrected chi connectivity index (χ3v) is 3.99. The van der Waals surface area contributed by atoms with Crippen LogP contribution in [0.3, 0.4) is 0 Å². The Balaban J connectivity index is 1.47. The number of hydrogen-bond acceptors (Lipinski definition) is 3. The zero-order valence-corrected chi connectivity index (χ0v) is 13.4. The van der Waals surface area contributed by atoms with Gasteiger partial charge < -0.3 is 15.0 Å². The van der Waals surface area contributed by atoms with E-state index in [0.29, 0.717) is 24.7 Å². The minimum Gasteiger partial charge on any atom is -0.489 e. The lowest BCUT2D eigenvalue weighted by molar-refractivity contribution is 0.186. The van der Waals surface area contributed by atoms with Crippen molar-refractivity contribution in [2.45, 2.75) is 19.1 Å². The van der Waals surface area contributed by atoms with Crippen LogP contribution in [-0.4, -0.2) is 35.1 Å². The van der Waals surface area contributed by atoms with Crippen LogP contribution in [0.15, 0.2) is 48.8 Å². The van der Waals surface area contributed by atoms with E-state index in [-0.39, 0.29) is 12.1 Å². The Kier molecular flexibility index (Phi) is 4.98. The Morgan fingerprint density at radius 3 is 2.74 bits per heavy atom. The lowest BCUT2D eigenvalue weighted by atomic mass is 10.3. The second-order valence-corrected chi connectivity index (χ2v) is 5.88. The smallest absolute Gasteiger partial charge is 0.317 e. The molecule has 1 aliphatic rings. The molecule has 0 aliphatic carbocycles. The molecule has 1 fully saturated rings. The Bertz CT molecular complexity index is 649. The van der Waals surface area contributed by atoms with Gasteiger partial charge in [0.2, 0.25) is 0 Å². The number of benzene rings is 1. The van der Waals surface area contributed by atoms with Crippen LogP contribution in [0.1, 0.15) is 12.0 Å². The van der Waals surface area contributed by atoms with Gasteiger partial charge in [0, 0.05) is 36.9 Å². The minimum absolute atomic E-state index is 0.0165. The molecule has 2 aromatic rings. The average molecular weight is 332 g/mol. The summed E-state index contributed by atoms with van der Waals surface area (Å²) in [6.07, 6.45) is 4.27. The van der Waals surface area contributed by atoms with Crippen molar-refractivity contribution in [3.63, 3.8) is 0 Å². The molecule has 1 aliphatic heterocycles. The number of pyridine rings is 1. The molecule has 0 bridgehead atoms. The van der Waals surface area contributed by atoms with Gasteiger partial charge in [-0.1, -0.05) is 11.6 Å². The Hall–Kier alpha value is -2.27. The fraction of sp³-hybridized carbons (Fsp3) is 0.294. The van der Waals surface area contributed by atoms with Gasteiger partial charge in [-0.2, -0.15) is 0 Å². The van der Waals surface area contributed by atoms with Gasteiger partial charge in [-0.15, -0.1) is 0 Å². The first kappa shape index (κ1) is 15.6. The maximum Gasteiger partial charge on any atom is 0.317 e. The van der Waals surface area contributed by atoms with Gasteiger partial charge >= 0.3 is 6.03 Å². The minimum atomic E-state index is -0.0657. The number of carbonyl (C=O) groups excluding carboxylic acids is 1. The molecule has 6 heteroatoms. The molecule has 0 saturated carbocycles. The van der Waals surface area contributed by atoms with Crippen LogP contribution in [0.4, 0.5) is 4.79 Å². The number of urea groups is 1. The Morgan fingerprint density at radius 2 is 2.00 bits per heavy atom. The number of ether oxygens (including phenoxy) is 1. The molecular weight excluding hydrogens is 314 g/mol. The van der Waals surface area contributed by atoms with E-state index in [0.717, 1.165) is 17.7 Å². The summed E-state index contributed by atoms with van der Waals surface area (Å²) in [4.78, 5) is 17.9. The average Bonchev–Trinajstić information content (AvgIpc) is 3.04. The van der Waals surface area contributed by atoms with E-state index in [2.05, 4.69) is 10.3 Å². The van der Waals surface area contributed by atoms with E-state index in [1.165, 1.54) is 0 Å². The molecular formula is C17H18ClN3O2. The van der Waals surface area contributed by atoms with Crippen LogP contribution in [0.5, 0.6) is 5.75 Å². The first-order chi connectivity index (χ1) is 11.2. The van der Waals surface area contributed by atoms with Crippen LogP contribution >= 0.6 is 11.6 Å². The van der Waals surface area contributed by atoms with Gasteiger partial charge in [-0.3, -0.25) is 4.98 Å². The van der Waals surface area contributed by atoms with Gasteiger partial charge in [0.1, 0.15) is 11.9 Å². The first-order valence-corrected chi connectivity index (χ1v) is 7.92. The van der Waals surface area contributed by atoms with E-state index in [9.17, 15) is 4.79 Å². The standard InChI is InChI=1S/C17H18ClN3O2/c18-14-1-3-15(4-2-14)23-16-7-10-21(12-16)17(22)20-11-13-5-8-19-9-6-13/h1-6,8-9,16H,7,10-12H2,(H,20,22). The van der Waals surface area contributed by atoms with Crippen molar-refractivity contribution in [1.82, 2.24) is 15.2 Å². The van der Waals surface area contributed by atoms with E-state index < -0.39 is 0 Å². The van der Waals surface area contributed by atoms with Crippen molar-refractivity contribution in [3.8, 4) is 5.75 Å². The quantitative estimate of drug-likeness (QED) is 0.936. The zero-order valence-electron chi connectivity index (χ0n) is 12.6. The highest BCUT2D eigenvalue weighted by molar-refractivity contribution is 6.30. The van der Waals surface area contributed by atoms with Crippen LogP contribution < -0.4 is 10.1 Å². The number of halogens is 1. The number of nitrogens with zero attached hydrogens (tertiary/aromatic N) is 2. The van der Waals surface area contributed by atoms with Crippen LogP contribution in [-0.2, 0) is 6.54 Å². The lowest BCUT2D eigenvalue weighted by Crippen LogP contribution is -2.39. The number of amides is 2. The van der Waals surface area contributed by atoms with Crippen molar-refractivity contribution in [3.05, 3.63) is 59.4 Å². The topological polar surface area (TPSA) is 54.5 Å². The summed E-state index contributed by atoms with van der Waals surface area (Å²) in [6, 6.07) is 11.0. The lowest BCUT2D eigenvalue weighted by Gasteiger charge is -2.18. The summed E-state index contributed by atoms with van der Waals surface area (Å²) in [5.41, 5.74) is 1.03. The van der Waals surface area contributed by atoms with E-state index in [1.54, 1.807) is 29.4 Å². The van der Waals surface area contributed by atoms with Crippen molar-refractivity contribution in [1.29, 1.82) is 0 Å². The SMILES string of the molecule is O=C(NCc1ccncc1)N1CCC(Oc2ccc(Cl)cc2)C1. The molecule has 1 saturated heterocycles. The monoisotopic (exact) mass is 331 g/mol. The van der Waals surface area contributed by atoms with Crippen molar-refractivity contribution in [2.75, 3.05) is 13.1 Å². The molecule has 3 rings (SSSR count). The van der Waals surface area contributed by atoms with Crippen molar-refractivity contribution in [2.24, 2.45) is 0 Å². The molecule has 5 nitrogen and oxygen atoms in total. The van der Waals surface area contributed by atoms with E-state index in [4.69, 9.17) is 16.3 Å². The van der Waals surface area contributed by atoms with Gasteiger partial charge in [-0.25, -0.2) is 4.79 Å². The van der Waals surface area contributed by atoms with Crippen LogP contribution in [0.2, 0.25) is 5.02 Å². The molecule has 1 N–H and O–H groups in total. The highest BCUT2D eigenvalue weighted by Crippen LogP contribution is 2.20. The first-order valence-electron chi connectivity index (χ1n) is 7.54. The molecule has 1 aromatic heterocycles. The van der Waals surface area contributed by atoms with Gasteiger partial charge in [0.15, 0.2) is 0 Å². The van der Waals surface area contributed by atoms with Gasteiger partial charge in [0.25, 0.3) is 0 Å². The summed E-state index contributed by atoms with van der Waals surface area (Å²) in [6.45, 7) is 1.78. The van der Waals surface area contributed by atoms with Crippen molar-refractivity contribution < 1.29 is 9.53 Å². The molecule has 1 atom stereocenters. The molecule has 0 radical (unpaired) electrons. The summed E-state index contributed by atoms with van der Waals surface area (Å²) >= 11 is 5.86. The van der Waals surface area contributed by atoms with Gasteiger partial charge in [0.05, 0.1) is 6.54 Å². The highest BCUT2D eigenvalue weighted by atomic mass is 35.5. The largest absolute Gasteiger partial charge is 0.489 e. The number of nitrogens with one attached hydrogen (secondary N) is 1. The summed E-state index contributed by atoms with van der Waals surface area (Å²) in [7, 11) is 0. The molecule has 0 spiro atoms. The Labute approximate surface area is 140 Å². The number of hydrogen-bond donors (Lipinski definition) is 1. The summed E-state index contributed by atoms with van der Waals surface area (Å²) in [5.74, 6) is 0.776. The highest BCUT2D eigenvalue weighted by Gasteiger charge is 2.27. The second kappa shape index (κ2) is 7.33. The molecule has 2 heterocycles. The second-order valence-electron chi connectivity index (χ2n) is 5.44. The van der Waals surface area contributed by atoms with E-state index in [1.807, 2.05) is 24.3 Å². The molecule has 1 unspecified atom stereocenters. The van der Waals surface area contributed by atoms with Crippen molar-refractivity contribution >= 4 is 17.6 Å². The third kappa shape index (κ3) is 4.36. The maximum absolute atomic E-state index is 12.2. The Morgan fingerprint density at radius 1 is 1.26 bits per heavy atom. The fourth-order valence-electron chi connectivity index (χ4n) is 2.50. The predicted molar refractivity (Wildman–Crippen MR) is 88.5 cm³/mol. The van der Waals surface area contributed by atoms with E-state index >= 15 is 0 Å². The number of likely N-dealkylation sites (tertiary alicyclic amines) is 1. The molecule has 120 valence electrons. The maximum atomic E-state index is 12.2. The number of aromatic nitrogens is 1. The third-order valence-electron chi connectivity index (χ3n) is 3.74. The molecule has 23 heavy (non-hydrogen) atoms. The molecule has 2 amide bonds. The predicted octanol–water partition coefficient (Wildman–Crippen LogP) is 3.10. The normalized spacial score (nSPS) is 17.1. The number of rotatable bonds is 4. The van der Waals surface area contributed by atoms with Crippen LogP contribution in [0, 0.1) is 0 Å².